The van der Waals surface area contributed by atoms with Crippen LogP contribution in [0.1, 0.15) is 31.4 Å². The molecule has 4 aliphatic rings. The maximum Gasteiger partial charge on any atom is 0.410 e. The van der Waals surface area contributed by atoms with Gasteiger partial charge in [-0.1, -0.05) is 6.92 Å². The highest BCUT2D eigenvalue weighted by atomic mass is 32.2. The van der Waals surface area contributed by atoms with Gasteiger partial charge in [-0.2, -0.15) is 0 Å². The second kappa shape index (κ2) is 16.8. The number of esters is 1. The van der Waals surface area contributed by atoms with E-state index >= 15 is 0 Å². The number of nitrogens with one attached hydrogen (secondary N) is 1. The number of ether oxygens (including phenoxy) is 2. The molecule has 0 aliphatic carbocycles. The van der Waals surface area contributed by atoms with E-state index < -0.39 is 73.1 Å². The zero-order valence-corrected chi connectivity index (χ0v) is 33.3. The van der Waals surface area contributed by atoms with E-state index in [1.54, 1.807) is 11.8 Å². The van der Waals surface area contributed by atoms with Crippen LogP contribution in [0.3, 0.4) is 0 Å². The summed E-state index contributed by atoms with van der Waals surface area (Å²) in [5.41, 5.74) is 0.693. The molecular formula is C36H43N7O12S2. The number of piperazine rings is 1. The van der Waals surface area contributed by atoms with Gasteiger partial charge in [0.1, 0.15) is 25.0 Å². The zero-order chi connectivity index (χ0) is 41.3. The number of nitro groups is 2. The summed E-state index contributed by atoms with van der Waals surface area (Å²) in [4.78, 5) is 83.5. The summed E-state index contributed by atoms with van der Waals surface area (Å²) >= 11 is 1.25. The molecule has 3 saturated heterocycles. The SMILES string of the molecule is CC(NS(C)(=O)=O)[C@H]1C(=O)N2C(C(=O)OCc3ccc([N+](=O)[O-])cc3)=C(S[C@H]3C[C@@H](C(=O)N4CCN(C)CC4)N(C(=O)OCc4ccc([N+](=O)[O-])cc4)C3)[C@H](C)[C@H]12. The lowest BCUT2D eigenvalue weighted by Crippen LogP contribution is -2.66. The second-order valence-corrected chi connectivity index (χ2v) is 17.8. The highest BCUT2D eigenvalue weighted by Gasteiger charge is 2.61. The van der Waals surface area contributed by atoms with Crippen molar-refractivity contribution in [2.45, 2.75) is 56.9 Å². The molecule has 57 heavy (non-hydrogen) atoms. The molecule has 1 N–H and O–H groups in total. The van der Waals surface area contributed by atoms with Gasteiger partial charge in [-0.25, -0.2) is 22.7 Å². The van der Waals surface area contributed by atoms with Crippen LogP contribution in [-0.4, -0.2) is 131 Å². The molecular weight excluding hydrogens is 787 g/mol. The topological polar surface area (TPSA) is 232 Å². The number of amides is 3. The number of likely N-dealkylation sites (tertiary alicyclic amines) is 1. The maximum atomic E-state index is 14.0. The molecule has 0 aromatic heterocycles. The normalized spacial score (nSPS) is 24.2. The first-order valence-electron chi connectivity index (χ1n) is 18.2. The lowest BCUT2D eigenvalue weighted by Gasteiger charge is -2.47. The second-order valence-electron chi connectivity index (χ2n) is 14.7. The van der Waals surface area contributed by atoms with Crippen LogP contribution in [0.4, 0.5) is 16.2 Å². The van der Waals surface area contributed by atoms with Gasteiger partial charge < -0.3 is 24.2 Å². The smallest absolute Gasteiger partial charge is 0.410 e. The molecule has 3 fully saturated rings. The van der Waals surface area contributed by atoms with E-state index in [0.29, 0.717) is 42.2 Å². The molecule has 0 bridgehead atoms. The molecule has 6 rings (SSSR count). The number of hydrogen-bond donors (Lipinski definition) is 1. The Bertz CT molecular complexity index is 2070. The number of β-lactam (4-membered cyclic amide) rings is 1. The largest absolute Gasteiger partial charge is 0.456 e. The Hall–Kier alpha value is -5.12. The molecule has 0 spiro atoms. The van der Waals surface area contributed by atoms with Gasteiger partial charge in [0.05, 0.1) is 28.1 Å². The Morgan fingerprint density at radius 3 is 2.00 bits per heavy atom. The molecule has 2 aromatic rings. The van der Waals surface area contributed by atoms with Crippen molar-refractivity contribution in [1.82, 2.24) is 24.3 Å². The predicted octanol–water partition coefficient (Wildman–Crippen LogP) is 2.46. The minimum Gasteiger partial charge on any atom is -0.456 e. The van der Waals surface area contributed by atoms with E-state index in [1.165, 1.54) is 70.1 Å². The molecule has 4 aliphatic heterocycles. The number of nitro benzene ring substituents is 2. The van der Waals surface area contributed by atoms with E-state index in [4.69, 9.17) is 9.47 Å². The first-order chi connectivity index (χ1) is 26.9. The van der Waals surface area contributed by atoms with Crippen molar-refractivity contribution < 1.29 is 46.9 Å². The van der Waals surface area contributed by atoms with Crippen LogP contribution in [0.25, 0.3) is 0 Å². The summed E-state index contributed by atoms with van der Waals surface area (Å²) in [5.74, 6) is -2.83. The average Bonchev–Trinajstić information content (AvgIpc) is 3.69. The fraction of sp³-hybridized carbons (Fsp3) is 0.500. The van der Waals surface area contributed by atoms with E-state index in [9.17, 15) is 47.8 Å². The minimum absolute atomic E-state index is 0.0200. The van der Waals surface area contributed by atoms with Crippen molar-refractivity contribution in [3.05, 3.63) is 90.5 Å². The third-order valence-electron chi connectivity index (χ3n) is 10.6. The number of likely N-dealkylation sites (N-methyl/N-ethyl adjacent to an activating group) is 1. The maximum absolute atomic E-state index is 14.0. The van der Waals surface area contributed by atoms with E-state index in [0.717, 1.165) is 6.26 Å². The molecule has 306 valence electrons. The number of sulfonamides is 1. The van der Waals surface area contributed by atoms with Gasteiger partial charge in [-0.15, -0.1) is 11.8 Å². The van der Waals surface area contributed by atoms with Crippen LogP contribution in [-0.2, 0) is 47.1 Å². The molecule has 1 unspecified atom stereocenters. The molecule has 6 atom stereocenters. The monoisotopic (exact) mass is 829 g/mol. The number of thioether (sulfide) groups is 1. The van der Waals surface area contributed by atoms with Crippen molar-refractivity contribution in [3.8, 4) is 0 Å². The Balaban J connectivity index is 1.25. The molecule has 3 amide bonds. The molecule has 0 saturated carbocycles. The van der Waals surface area contributed by atoms with E-state index in [2.05, 4.69) is 9.62 Å². The average molecular weight is 830 g/mol. The molecule has 0 radical (unpaired) electrons. The number of carbonyl (C=O) groups is 4. The number of non-ortho nitro benzene ring substituents is 2. The van der Waals surface area contributed by atoms with Gasteiger partial charge in [0.15, 0.2) is 0 Å². The zero-order valence-electron chi connectivity index (χ0n) is 31.6. The number of carbonyl (C=O) groups excluding carboxylic acids is 4. The highest BCUT2D eigenvalue weighted by molar-refractivity contribution is 8.03. The standard InChI is InChI=1S/C36H43N7O12S2/c1-21-30-29(22(2)37-57(4,52)53)34(45)41(30)31(35(46)54-19-23-5-9-25(10-6-23)42(48)49)32(21)56-27-17-28(33(44)39-15-13-38(3)14-16-39)40(18-27)36(47)55-20-24-7-11-26(12-8-24)43(50)51/h5-12,21-22,27-30,37H,13-20H2,1-4H3/t21-,22?,27+,28+,29-,30-/m1/s1. The van der Waals surface area contributed by atoms with Crippen molar-refractivity contribution >= 4 is 57.0 Å². The lowest BCUT2D eigenvalue weighted by molar-refractivity contribution is -0.385. The summed E-state index contributed by atoms with van der Waals surface area (Å²) in [6.07, 6.45) is 0.420. The van der Waals surface area contributed by atoms with Crippen LogP contribution < -0.4 is 4.72 Å². The molecule has 2 aromatic carbocycles. The van der Waals surface area contributed by atoms with Gasteiger partial charge in [0.25, 0.3) is 11.4 Å². The Kier molecular flexibility index (Phi) is 12.2. The first kappa shape index (κ1) is 41.5. The molecule has 19 nitrogen and oxygen atoms in total. The minimum atomic E-state index is -3.68. The van der Waals surface area contributed by atoms with Gasteiger partial charge in [0, 0.05) is 79.1 Å². The first-order valence-corrected chi connectivity index (χ1v) is 21.0. The number of rotatable bonds is 13. The summed E-state index contributed by atoms with van der Waals surface area (Å²) in [6.45, 7) is 5.21. The molecule has 21 heteroatoms. The predicted molar refractivity (Wildman–Crippen MR) is 204 cm³/mol. The fourth-order valence-corrected chi connectivity index (χ4v) is 10.0. The summed E-state index contributed by atoms with van der Waals surface area (Å²) in [5, 5.41) is 21.7. The van der Waals surface area contributed by atoms with E-state index in [-0.39, 0.29) is 49.2 Å². The third kappa shape index (κ3) is 9.05. The summed E-state index contributed by atoms with van der Waals surface area (Å²) in [6, 6.07) is 8.70. The van der Waals surface area contributed by atoms with Gasteiger partial charge in [0.2, 0.25) is 21.8 Å². The Morgan fingerprint density at radius 2 is 1.47 bits per heavy atom. The van der Waals surface area contributed by atoms with Crippen LogP contribution in [0.2, 0.25) is 0 Å². The van der Waals surface area contributed by atoms with Crippen molar-refractivity contribution in [2.24, 2.45) is 11.8 Å². The number of nitrogens with zero attached hydrogens (tertiary/aromatic N) is 6. The van der Waals surface area contributed by atoms with Crippen molar-refractivity contribution in [2.75, 3.05) is 46.0 Å². The fourth-order valence-electron chi connectivity index (χ4n) is 7.71. The quantitative estimate of drug-likeness (QED) is 0.132. The van der Waals surface area contributed by atoms with Crippen molar-refractivity contribution in [3.63, 3.8) is 0 Å². The third-order valence-corrected chi connectivity index (χ3v) is 12.9. The summed E-state index contributed by atoms with van der Waals surface area (Å²) in [7, 11) is -1.73. The van der Waals surface area contributed by atoms with E-state index in [1.807, 2.05) is 14.0 Å². The highest BCUT2D eigenvalue weighted by Crippen LogP contribution is 2.52. The van der Waals surface area contributed by atoms with Gasteiger partial charge >= 0.3 is 12.1 Å². The number of hydrogen-bond acceptors (Lipinski definition) is 14. The van der Waals surface area contributed by atoms with Crippen LogP contribution in [0, 0.1) is 32.1 Å². The number of fused-ring (bicyclic) bond motifs is 1. The number of benzene rings is 2. The van der Waals surface area contributed by atoms with Crippen LogP contribution in [0.5, 0.6) is 0 Å². The molecule has 4 heterocycles. The Labute approximate surface area is 332 Å². The Morgan fingerprint density at radius 1 is 0.930 bits per heavy atom. The van der Waals surface area contributed by atoms with Crippen LogP contribution in [0.15, 0.2) is 59.1 Å². The van der Waals surface area contributed by atoms with Crippen molar-refractivity contribution in [1.29, 1.82) is 0 Å². The van der Waals surface area contributed by atoms with Gasteiger partial charge in [-0.05, 0) is 55.8 Å². The van der Waals surface area contributed by atoms with Crippen LogP contribution >= 0.6 is 11.8 Å². The lowest BCUT2D eigenvalue weighted by atomic mass is 9.78. The summed E-state index contributed by atoms with van der Waals surface area (Å²) < 4.78 is 38.0. The van der Waals surface area contributed by atoms with Gasteiger partial charge in [-0.3, -0.25) is 34.7 Å².